The molecule has 0 spiro atoms. The van der Waals surface area contributed by atoms with Crippen molar-refractivity contribution in [1.82, 2.24) is 15.0 Å². The van der Waals surface area contributed by atoms with Crippen LogP contribution in [0.3, 0.4) is 0 Å². The van der Waals surface area contributed by atoms with Crippen molar-refractivity contribution in [1.29, 1.82) is 0 Å². The van der Waals surface area contributed by atoms with Crippen LogP contribution in [-0.2, 0) is 10.3 Å². The summed E-state index contributed by atoms with van der Waals surface area (Å²) in [6, 6.07) is 0. The molecule has 2 N–H and O–H groups in total. The Hall–Kier alpha value is -1.79. The van der Waals surface area contributed by atoms with Gasteiger partial charge in [-0.3, -0.25) is 4.79 Å². The normalized spacial score (nSPS) is 23.7. The average molecular weight is 247 g/mol. The molecule has 1 fully saturated rings. The van der Waals surface area contributed by atoms with E-state index in [9.17, 15) is 9.90 Å². The molecule has 2 aromatic rings. The number of hydrogen-bond acceptors (Lipinski definition) is 5. The first kappa shape index (κ1) is 11.3. The molecule has 0 radical (unpaired) electrons. The number of aromatic nitrogens is 3. The molecule has 6 heteroatoms. The lowest BCUT2D eigenvalue weighted by Gasteiger charge is -2.20. The fourth-order valence-corrected chi connectivity index (χ4v) is 2.29. The van der Waals surface area contributed by atoms with Gasteiger partial charge < -0.3 is 14.8 Å². The van der Waals surface area contributed by atoms with Crippen LogP contribution in [0.1, 0.15) is 17.8 Å². The topological polar surface area (TPSA) is 88.1 Å². The van der Waals surface area contributed by atoms with Crippen molar-refractivity contribution in [3.05, 3.63) is 34.1 Å². The summed E-state index contributed by atoms with van der Waals surface area (Å²) in [7, 11) is 0. The zero-order chi connectivity index (χ0) is 12.8. The molecule has 18 heavy (non-hydrogen) atoms. The van der Waals surface area contributed by atoms with E-state index in [1.54, 1.807) is 19.3 Å². The van der Waals surface area contributed by atoms with Gasteiger partial charge in [-0.1, -0.05) is 0 Å². The predicted octanol–water partition coefficient (Wildman–Crippen LogP) is 0.234. The van der Waals surface area contributed by atoms with Gasteiger partial charge in [-0.2, -0.15) is 0 Å². The smallest absolute Gasteiger partial charge is 0.256 e. The van der Waals surface area contributed by atoms with Gasteiger partial charge in [0, 0.05) is 30.8 Å². The molecule has 94 valence electrons. The van der Waals surface area contributed by atoms with Crippen molar-refractivity contribution in [3.63, 3.8) is 0 Å². The van der Waals surface area contributed by atoms with Gasteiger partial charge in [0.1, 0.15) is 11.4 Å². The molecule has 0 aliphatic carbocycles. The second kappa shape index (κ2) is 3.86. The molecular formula is C12H13N3O3. The molecule has 0 amide bonds. The summed E-state index contributed by atoms with van der Waals surface area (Å²) < 4.78 is 5.20. The van der Waals surface area contributed by atoms with Crippen LogP contribution in [0.5, 0.6) is 0 Å². The number of fused-ring (bicyclic) bond motifs is 1. The molecule has 0 saturated carbocycles. The zero-order valence-corrected chi connectivity index (χ0v) is 9.93. The molecule has 3 rings (SSSR count). The number of rotatable bonds is 1. The summed E-state index contributed by atoms with van der Waals surface area (Å²) in [4.78, 5) is 23.0. The molecule has 6 nitrogen and oxygen atoms in total. The molecular weight excluding hydrogens is 234 g/mol. The highest BCUT2D eigenvalue weighted by molar-refractivity contribution is 5.80. The second-order valence-corrected chi connectivity index (χ2v) is 4.55. The van der Waals surface area contributed by atoms with Crippen molar-refractivity contribution in [3.8, 4) is 0 Å². The summed E-state index contributed by atoms with van der Waals surface area (Å²) in [6.07, 6.45) is 3.59. The van der Waals surface area contributed by atoms with Crippen LogP contribution < -0.4 is 5.56 Å². The Bertz CT molecular complexity index is 659. The Labute approximate surface area is 103 Å². The molecule has 1 unspecified atom stereocenters. The molecule has 0 bridgehead atoms. The fourth-order valence-electron chi connectivity index (χ4n) is 2.29. The lowest BCUT2D eigenvalue weighted by Crippen LogP contribution is -2.33. The van der Waals surface area contributed by atoms with E-state index in [0.29, 0.717) is 29.8 Å². The number of pyridine rings is 1. The summed E-state index contributed by atoms with van der Waals surface area (Å²) in [5.41, 5.74) is -0.802. The monoisotopic (exact) mass is 247 g/mol. The summed E-state index contributed by atoms with van der Waals surface area (Å²) in [5, 5.41) is 11.2. The third kappa shape index (κ3) is 1.61. The van der Waals surface area contributed by atoms with Crippen LogP contribution in [0.15, 0.2) is 17.2 Å². The Morgan fingerprint density at radius 1 is 1.56 bits per heavy atom. The number of ether oxygens (including phenoxy) is 1. The van der Waals surface area contributed by atoms with E-state index >= 15 is 0 Å². The highest BCUT2D eigenvalue weighted by Gasteiger charge is 2.38. The lowest BCUT2D eigenvalue weighted by atomic mass is 9.93. The van der Waals surface area contributed by atoms with Gasteiger partial charge in [0.25, 0.3) is 5.56 Å². The maximum atomic E-state index is 12.0. The average Bonchev–Trinajstić information content (AvgIpc) is 2.76. The van der Waals surface area contributed by atoms with Crippen molar-refractivity contribution < 1.29 is 9.84 Å². The third-order valence-electron chi connectivity index (χ3n) is 3.23. The van der Waals surface area contributed by atoms with Gasteiger partial charge in [0.2, 0.25) is 0 Å². The summed E-state index contributed by atoms with van der Waals surface area (Å²) >= 11 is 0. The third-order valence-corrected chi connectivity index (χ3v) is 3.23. The van der Waals surface area contributed by atoms with E-state index < -0.39 is 5.60 Å². The molecule has 1 aliphatic heterocycles. The van der Waals surface area contributed by atoms with Crippen LogP contribution in [0.25, 0.3) is 10.9 Å². The minimum atomic E-state index is -1.26. The van der Waals surface area contributed by atoms with Gasteiger partial charge in [0.05, 0.1) is 17.7 Å². The summed E-state index contributed by atoms with van der Waals surface area (Å²) in [5.74, 6) is 0.567. The zero-order valence-electron chi connectivity index (χ0n) is 9.93. The van der Waals surface area contributed by atoms with E-state index in [-0.39, 0.29) is 17.7 Å². The predicted molar refractivity (Wildman–Crippen MR) is 64.2 cm³/mol. The molecule has 1 aliphatic rings. The number of hydrogen-bond donors (Lipinski definition) is 2. The maximum Gasteiger partial charge on any atom is 0.256 e. The van der Waals surface area contributed by atoms with E-state index in [0.717, 1.165) is 0 Å². The van der Waals surface area contributed by atoms with Crippen molar-refractivity contribution >= 4 is 10.9 Å². The largest absolute Gasteiger partial charge is 0.382 e. The number of aromatic amines is 1. The van der Waals surface area contributed by atoms with Crippen molar-refractivity contribution in [2.45, 2.75) is 18.9 Å². The molecule has 0 aromatic carbocycles. The van der Waals surface area contributed by atoms with Gasteiger partial charge in [-0.15, -0.1) is 0 Å². The quantitative estimate of drug-likeness (QED) is 0.753. The molecule has 2 aromatic heterocycles. The van der Waals surface area contributed by atoms with Gasteiger partial charge in [-0.05, 0) is 6.92 Å². The number of H-pyrrole nitrogens is 1. The SMILES string of the molecule is Cc1ncc2c[nH]c(=O)c(C3(O)CCOC3)c2n1. The fraction of sp³-hybridized carbons (Fsp3) is 0.417. The van der Waals surface area contributed by atoms with E-state index in [1.165, 1.54) is 0 Å². The number of aliphatic hydroxyl groups is 1. The molecule has 1 atom stereocenters. The van der Waals surface area contributed by atoms with E-state index in [1.807, 2.05) is 0 Å². The van der Waals surface area contributed by atoms with Gasteiger partial charge in [-0.25, -0.2) is 9.97 Å². The number of aryl methyl sites for hydroxylation is 1. The van der Waals surface area contributed by atoms with Crippen LogP contribution >= 0.6 is 0 Å². The van der Waals surface area contributed by atoms with Crippen LogP contribution in [0.4, 0.5) is 0 Å². The van der Waals surface area contributed by atoms with Gasteiger partial charge >= 0.3 is 0 Å². The highest BCUT2D eigenvalue weighted by Crippen LogP contribution is 2.31. The van der Waals surface area contributed by atoms with Crippen molar-refractivity contribution in [2.24, 2.45) is 0 Å². The first-order chi connectivity index (χ1) is 8.60. The van der Waals surface area contributed by atoms with E-state index in [4.69, 9.17) is 4.74 Å². The van der Waals surface area contributed by atoms with Gasteiger partial charge in [0.15, 0.2) is 0 Å². The number of nitrogens with one attached hydrogen (secondary N) is 1. The second-order valence-electron chi connectivity index (χ2n) is 4.55. The minimum absolute atomic E-state index is 0.123. The van der Waals surface area contributed by atoms with E-state index in [2.05, 4.69) is 15.0 Å². The van der Waals surface area contributed by atoms with Crippen molar-refractivity contribution in [2.75, 3.05) is 13.2 Å². The van der Waals surface area contributed by atoms with Crippen LogP contribution in [0, 0.1) is 6.92 Å². The highest BCUT2D eigenvalue weighted by atomic mass is 16.5. The Kier molecular flexibility index (Phi) is 2.42. The maximum absolute atomic E-state index is 12.0. The standard InChI is InChI=1S/C12H13N3O3/c1-7-13-4-8-5-14-11(16)9(10(8)15-7)12(17)2-3-18-6-12/h4-5,17H,2-3,6H2,1H3,(H,14,16). The number of nitrogens with zero attached hydrogens (tertiary/aromatic N) is 2. The van der Waals surface area contributed by atoms with Crippen LogP contribution in [-0.4, -0.2) is 33.3 Å². The molecule has 1 saturated heterocycles. The Balaban J connectivity index is 2.35. The van der Waals surface area contributed by atoms with Crippen LogP contribution in [0.2, 0.25) is 0 Å². The first-order valence-corrected chi connectivity index (χ1v) is 5.76. The Morgan fingerprint density at radius 2 is 2.39 bits per heavy atom. The summed E-state index contributed by atoms with van der Waals surface area (Å²) in [6.45, 7) is 2.31. The minimum Gasteiger partial charge on any atom is -0.382 e. The molecule has 3 heterocycles. The first-order valence-electron chi connectivity index (χ1n) is 5.76. The Morgan fingerprint density at radius 3 is 3.11 bits per heavy atom. The lowest BCUT2D eigenvalue weighted by molar-refractivity contribution is 0.0231.